The minimum Gasteiger partial charge on any atom is -0.481 e. The maximum absolute atomic E-state index is 12.6. The highest BCUT2D eigenvalue weighted by atomic mass is 32.2. The van der Waals surface area contributed by atoms with Crippen LogP contribution in [-0.4, -0.2) is 65.3 Å². The molecule has 2 aromatic heterocycles. The molecule has 0 aliphatic heterocycles. The fourth-order valence-electron chi connectivity index (χ4n) is 1.97. The lowest BCUT2D eigenvalue weighted by Gasteiger charge is -2.19. The van der Waals surface area contributed by atoms with Crippen molar-refractivity contribution in [3.05, 3.63) is 24.4 Å². The Balaban J connectivity index is 2.30. The fourth-order valence-corrected chi connectivity index (χ4v) is 3.61. The van der Waals surface area contributed by atoms with E-state index >= 15 is 0 Å². The molecule has 0 radical (unpaired) electrons. The van der Waals surface area contributed by atoms with Gasteiger partial charge in [-0.15, -0.1) is 0 Å². The molecule has 0 aliphatic carbocycles. The molecular weight excluding hydrogens is 428 g/mol. The van der Waals surface area contributed by atoms with Crippen molar-refractivity contribution >= 4 is 37.7 Å². The van der Waals surface area contributed by atoms with Crippen LogP contribution in [0.5, 0.6) is 11.8 Å². The van der Waals surface area contributed by atoms with E-state index < -0.39 is 31.1 Å². The van der Waals surface area contributed by atoms with Gasteiger partial charge in [-0.25, -0.2) is 22.9 Å². The average molecular weight is 446 g/mol. The van der Waals surface area contributed by atoms with Crippen LogP contribution in [0.3, 0.4) is 0 Å². The molecule has 2 amide bonds. The molecule has 0 aliphatic rings. The zero-order valence-electron chi connectivity index (χ0n) is 15.8. The second kappa shape index (κ2) is 8.44. The van der Waals surface area contributed by atoms with Crippen LogP contribution in [0, 0.1) is 0 Å². The summed E-state index contributed by atoms with van der Waals surface area (Å²) in [6.07, 6.45) is 2.03. The van der Waals surface area contributed by atoms with Crippen molar-refractivity contribution < 1.29 is 31.1 Å². The number of hydrogen-bond acceptors (Lipinski definition) is 10. The molecule has 2 N–H and O–H groups in total. The van der Waals surface area contributed by atoms with Crippen LogP contribution >= 0.6 is 0 Å². The third kappa shape index (κ3) is 5.41. The summed E-state index contributed by atoms with van der Waals surface area (Å²) < 4.78 is 61.0. The summed E-state index contributed by atoms with van der Waals surface area (Å²) in [5.41, 5.74) is -0.241. The normalized spacial score (nSPS) is 11.4. The van der Waals surface area contributed by atoms with Crippen molar-refractivity contribution in [2.75, 3.05) is 37.1 Å². The number of pyridine rings is 1. The van der Waals surface area contributed by atoms with Crippen LogP contribution in [0.1, 0.15) is 0 Å². The molecule has 13 nitrogen and oxygen atoms in total. The van der Waals surface area contributed by atoms with Crippen LogP contribution in [0.4, 0.5) is 16.4 Å². The van der Waals surface area contributed by atoms with Crippen LogP contribution in [0.25, 0.3) is 0 Å². The van der Waals surface area contributed by atoms with Crippen molar-refractivity contribution in [2.24, 2.45) is 0 Å². The zero-order chi connectivity index (χ0) is 21.8. The summed E-state index contributed by atoms with van der Waals surface area (Å²) in [5, 5.41) is 1.47. The predicted molar refractivity (Wildman–Crippen MR) is 102 cm³/mol. The van der Waals surface area contributed by atoms with Gasteiger partial charge in [0.25, 0.3) is 10.0 Å². The summed E-state index contributed by atoms with van der Waals surface area (Å²) in [5.74, 6) is -0.156. The van der Waals surface area contributed by atoms with E-state index in [-0.39, 0.29) is 23.4 Å². The molecule has 0 unspecified atom stereocenters. The van der Waals surface area contributed by atoms with E-state index in [1.165, 1.54) is 32.4 Å². The number of sulfonamides is 2. The number of urea groups is 1. The van der Waals surface area contributed by atoms with Crippen LogP contribution < -0.4 is 23.8 Å². The molecule has 0 saturated heterocycles. The topological polar surface area (TPSA) is 170 Å². The van der Waals surface area contributed by atoms with Gasteiger partial charge in [-0.3, -0.25) is 9.62 Å². The van der Waals surface area contributed by atoms with Gasteiger partial charge in [-0.05, 0) is 12.1 Å². The molecule has 0 atom stereocenters. The van der Waals surface area contributed by atoms with E-state index in [0.717, 1.165) is 23.8 Å². The molecule has 29 heavy (non-hydrogen) atoms. The quantitative estimate of drug-likeness (QED) is 0.580. The van der Waals surface area contributed by atoms with Gasteiger partial charge in [0, 0.05) is 13.2 Å². The molecule has 0 bridgehead atoms. The van der Waals surface area contributed by atoms with Crippen molar-refractivity contribution in [2.45, 2.75) is 5.03 Å². The van der Waals surface area contributed by atoms with E-state index in [9.17, 15) is 21.6 Å². The van der Waals surface area contributed by atoms with Gasteiger partial charge in [0.15, 0.2) is 0 Å². The van der Waals surface area contributed by atoms with Crippen LogP contribution in [0.15, 0.2) is 29.4 Å². The molecule has 2 rings (SSSR count). The molecule has 0 saturated carbocycles. The average Bonchev–Trinajstić information content (AvgIpc) is 2.65. The molecule has 2 aromatic rings. The number of nitrogens with one attached hydrogen (secondary N) is 2. The highest BCUT2D eigenvalue weighted by molar-refractivity contribution is 7.92. The SMILES string of the molecule is COc1cc(OC)nc(NC(=O)NS(=O)(=O)c2ncccc2N(C)S(C)(=O)=O)n1. The van der Waals surface area contributed by atoms with E-state index in [1.54, 1.807) is 4.72 Å². The van der Waals surface area contributed by atoms with E-state index in [2.05, 4.69) is 20.3 Å². The highest BCUT2D eigenvalue weighted by Crippen LogP contribution is 2.23. The monoisotopic (exact) mass is 446 g/mol. The maximum atomic E-state index is 12.6. The largest absolute Gasteiger partial charge is 0.481 e. The predicted octanol–water partition coefficient (Wildman–Crippen LogP) is -0.205. The number of anilines is 2. The van der Waals surface area contributed by atoms with Crippen LogP contribution in [0.2, 0.25) is 0 Å². The number of ether oxygens (including phenoxy) is 2. The van der Waals surface area contributed by atoms with Crippen molar-refractivity contribution in [1.82, 2.24) is 19.7 Å². The number of carbonyl (C=O) groups is 1. The molecule has 0 aromatic carbocycles. The Bertz CT molecular complexity index is 1100. The minimum absolute atomic E-state index is 0.0665. The second-order valence-corrected chi connectivity index (χ2v) is 9.01. The second-order valence-electron chi connectivity index (χ2n) is 5.39. The number of methoxy groups -OCH3 is 2. The zero-order valence-corrected chi connectivity index (χ0v) is 17.4. The Kier molecular flexibility index (Phi) is 6.43. The summed E-state index contributed by atoms with van der Waals surface area (Å²) >= 11 is 0. The highest BCUT2D eigenvalue weighted by Gasteiger charge is 2.27. The van der Waals surface area contributed by atoms with E-state index in [1.807, 2.05) is 0 Å². The third-order valence-corrected chi connectivity index (χ3v) is 5.86. The summed E-state index contributed by atoms with van der Waals surface area (Å²) in [6, 6.07) is 2.73. The van der Waals surface area contributed by atoms with Crippen molar-refractivity contribution in [3.63, 3.8) is 0 Å². The first-order valence-electron chi connectivity index (χ1n) is 7.67. The maximum Gasteiger partial charge on any atom is 0.335 e. The number of amides is 2. The fraction of sp³-hybridized carbons (Fsp3) is 0.286. The number of nitrogens with zero attached hydrogens (tertiary/aromatic N) is 4. The molecular formula is C14H18N6O7S2. The molecule has 0 spiro atoms. The molecule has 2 heterocycles. The lowest BCUT2D eigenvalue weighted by atomic mass is 10.4. The molecule has 0 fully saturated rings. The first-order chi connectivity index (χ1) is 13.5. The Morgan fingerprint density at radius 1 is 1.10 bits per heavy atom. The molecule has 158 valence electrons. The third-order valence-electron chi connectivity index (χ3n) is 3.39. The summed E-state index contributed by atoms with van der Waals surface area (Å²) in [7, 11) is -4.51. The van der Waals surface area contributed by atoms with E-state index in [0.29, 0.717) is 0 Å². The minimum atomic E-state index is -4.54. The standard InChI is InChI=1S/C14H18N6O7S2/c1-20(28(4,22)23)9-6-5-7-15-12(9)29(24,25)19-14(21)18-13-16-10(26-2)8-11(17-13)27-3/h5-8H,1-4H3,(H2,16,17,18,19,21). The number of aromatic nitrogens is 3. The van der Waals surface area contributed by atoms with Gasteiger partial charge >= 0.3 is 6.03 Å². The van der Waals surface area contributed by atoms with Gasteiger partial charge in [-0.1, -0.05) is 0 Å². The van der Waals surface area contributed by atoms with Gasteiger partial charge in [0.05, 0.1) is 32.2 Å². The number of hydrogen-bond donors (Lipinski definition) is 2. The lowest BCUT2D eigenvalue weighted by Crippen LogP contribution is -2.36. The Hall–Kier alpha value is -3.20. The number of rotatable bonds is 7. The van der Waals surface area contributed by atoms with E-state index in [4.69, 9.17) is 9.47 Å². The van der Waals surface area contributed by atoms with Gasteiger partial charge in [0.2, 0.25) is 32.8 Å². The van der Waals surface area contributed by atoms with Crippen molar-refractivity contribution in [1.29, 1.82) is 0 Å². The molecule has 15 heteroatoms. The van der Waals surface area contributed by atoms with Gasteiger partial charge in [0.1, 0.15) is 0 Å². The van der Waals surface area contributed by atoms with Gasteiger partial charge < -0.3 is 9.47 Å². The van der Waals surface area contributed by atoms with Crippen LogP contribution in [-0.2, 0) is 20.0 Å². The van der Waals surface area contributed by atoms with Crippen molar-refractivity contribution in [3.8, 4) is 11.8 Å². The first kappa shape index (κ1) is 22.1. The lowest BCUT2D eigenvalue weighted by molar-refractivity contribution is 0.256. The smallest absolute Gasteiger partial charge is 0.335 e. The Morgan fingerprint density at radius 3 is 2.21 bits per heavy atom. The Morgan fingerprint density at radius 2 is 1.69 bits per heavy atom. The summed E-state index contributed by atoms with van der Waals surface area (Å²) in [4.78, 5) is 23.5. The number of carbonyl (C=O) groups excluding carboxylic acids is 1. The van der Waals surface area contributed by atoms with Gasteiger partial charge in [-0.2, -0.15) is 18.4 Å². The Labute approximate surface area is 167 Å². The summed E-state index contributed by atoms with van der Waals surface area (Å²) in [6.45, 7) is 0. The first-order valence-corrected chi connectivity index (χ1v) is 11.0.